The third kappa shape index (κ3) is 3.17. The number of likely N-dealkylation sites (N-methyl/N-ethyl adjacent to an activating group) is 1. The molecule has 2 unspecified atom stereocenters. The first-order valence-corrected chi connectivity index (χ1v) is 5.85. The van der Waals surface area contributed by atoms with Crippen molar-refractivity contribution < 1.29 is 9.90 Å². The molecule has 0 spiro atoms. The number of hydrogen-bond acceptors (Lipinski definition) is 4. The van der Waals surface area contributed by atoms with Gasteiger partial charge in [-0.3, -0.25) is 14.6 Å². The van der Waals surface area contributed by atoms with E-state index in [2.05, 4.69) is 23.6 Å². The lowest BCUT2D eigenvalue weighted by Crippen LogP contribution is -2.59. The van der Waals surface area contributed by atoms with Crippen molar-refractivity contribution in [1.29, 1.82) is 0 Å². The summed E-state index contributed by atoms with van der Waals surface area (Å²) in [7, 11) is 0. The van der Waals surface area contributed by atoms with Gasteiger partial charge in [0.2, 0.25) is 0 Å². The van der Waals surface area contributed by atoms with E-state index >= 15 is 0 Å². The van der Waals surface area contributed by atoms with Gasteiger partial charge in [-0.25, -0.2) is 0 Å². The second kappa shape index (κ2) is 5.12. The number of aliphatic carboxylic acids is 1. The molecule has 0 bridgehead atoms. The summed E-state index contributed by atoms with van der Waals surface area (Å²) >= 11 is 0. The van der Waals surface area contributed by atoms with Crippen LogP contribution in [-0.4, -0.2) is 65.2 Å². The highest BCUT2D eigenvalue weighted by molar-refractivity contribution is 5.78. The van der Waals surface area contributed by atoms with E-state index in [1.807, 2.05) is 0 Å². The van der Waals surface area contributed by atoms with Crippen molar-refractivity contribution >= 4 is 5.97 Å². The number of nitrogens with two attached hydrogens (primary N) is 1. The predicted molar refractivity (Wildman–Crippen MR) is 63.4 cm³/mol. The number of carboxylic acid groups (broad SMARTS) is 1. The van der Waals surface area contributed by atoms with Crippen LogP contribution >= 0.6 is 0 Å². The average Bonchev–Trinajstić information content (AvgIpc) is 2.17. The summed E-state index contributed by atoms with van der Waals surface area (Å²) in [5.41, 5.74) is 4.60. The van der Waals surface area contributed by atoms with E-state index in [1.54, 1.807) is 6.92 Å². The Kier molecular flexibility index (Phi) is 4.29. The largest absolute Gasteiger partial charge is 0.480 e. The highest BCUT2D eigenvalue weighted by atomic mass is 16.4. The Morgan fingerprint density at radius 2 is 2.19 bits per heavy atom. The van der Waals surface area contributed by atoms with Crippen LogP contribution in [0.15, 0.2) is 0 Å². The molecule has 1 aliphatic heterocycles. The van der Waals surface area contributed by atoms with E-state index in [1.165, 1.54) is 0 Å². The molecule has 0 aromatic rings. The van der Waals surface area contributed by atoms with E-state index in [0.717, 1.165) is 26.2 Å². The molecule has 16 heavy (non-hydrogen) atoms. The Balaban J connectivity index is 2.50. The van der Waals surface area contributed by atoms with Gasteiger partial charge < -0.3 is 10.8 Å². The lowest BCUT2D eigenvalue weighted by molar-refractivity contribution is -0.143. The summed E-state index contributed by atoms with van der Waals surface area (Å²) < 4.78 is 0. The van der Waals surface area contributed by atoms with Crippen LogP contribution in [0.4, 0.5) is 0 Å². The van der Waals surface area contributed by atoms with Gasteiger partial charge in [-0.15, -0.1) is 0 Å². The van der Waals surface area contributed by atoms with Crippen molar-refractivity contribution in [2.75, 3.05) is 32.7 Å². The van der Waals surface area contributed by atoms with Crippen molar-refractivity contribution in [2.45, 2.75) is 32.4 Å². The summed E-state index contributed by atoms with van der Waals surface area (Å²) in [5.74, 6) is -0.932. The molecule has 1 saturated heterocycles. The third-order valence-corrected chi connectivity index (χ3v) is 3.30. The Bertz CT molecular complexity index is 256. The maximum absolute atomic E-state index is 10.9. The van der Waals surface area contributed by atoms with Crippen molar-refractivity contribution in [2.24, 2.45) is 5.73 Å². The van der Waals surface area contributed by atoms with Crippen LogP contribution in [0.25, 0.3) is 0 Å². The van der Waals surface area contributed by atoms with Crippen LogP contribution in [0.1, 0.15) is 20.8 Å². The highest BCUT2D eigenvalue weighted by Crippen LogP contribution is 2.12. The fourth-order valence-corrected chi connectivity index (χ4v) is 2.22. The summed E-state index contributed by atoms with van der Waals surface area (Å²) in [4.78, 5) is 15.5. The zero-order chi connectivity index (χ0) is 12.3. The number of nitrogens with zero attached hydrogens (tertiary/aromatic N) is 2. The molecule has 0 aromatic heterocycles. The first kappa shape index (κ1) is 13.4. The van der Waals surface area contributed by atoms with Gasteiger partial charge in [0.1, 0.15) is 5.54 Å². The smallest absolute Gasteiger partial charge is 0.324 e. The molecule has 5 nitrogen and oxygen atoms in total. The molecule has 0 aromatic carbocycles. The Labute approximate surface area is 97.2 Å². The SMILES string of the molecule is CCN1CCN(CC(C)(N)C(=O)O)CC1C. The molecule has 0 aliphatic carbocycles. The minimum atomic E-state index is -1.14. The molecular weight excluding hydrogens is 206 g/mol. The van der Waals surface area contributed by atoms with Gasteiger partial charge in [0.15, 0.2) is 0 Å². The van der Waals surface area contributed by atoms with Gasteiger partial charge in [0, 0.05) is 32.2 Å². The zero-order valence-corrected chi connectivity index (χ0v) is 10.4. The van der Waals surface area contributed by atoms with Gasteiger partial charge in [0.25, 0.3) is 0 Å². The number of hydrogen-bond donors (Lipinski definition) is 2. The van der Waals surface area contributed by atoms with E-state index in [-0.39, 0.29) is 0 Å². The third-order valence-electron chi connectivity index (χ3n) is 3.30. The number of rotatable bonds is 4. The van der Waals surface area contributed by atoms with Crippen LogP contribution in [0.3, 0.4) is 0 Å². The van der Waals surface area contributed by atoms with Gasteiger partial charge in [0.05, 0.1) is 0 Å². The molecule has 2 atom stereocenters. The van der Waals surface area contributed by atoms with Crippen LogP contribution in [0.2, 0.25) is 0 Å². The molecule has 94 valence electrons. The van der Waals surface area contributed by atoms with Gasteiger partial charge in [-0.05, 0) is 20.4 Å². The van der Waals surface area contributed by atoms with Crippen molar-refractivity contribution in [3.8, 4) is 0 Å². The second-order valence-electron chi connectivity index (χ2n) is 4.94. The van der Waals surface area contributed by atoms with Crippen LogP contribution in [0, 0.1) is 0 Å². The number of carboxylic acids is 1. The summed E-state index contributed by atoms with van der Waals surface area (Å²) in [6.45, 7) is 10.2. The fraction of sp³-hybridized carbons (Fsp3) is 0.909. The minimum Gasteiger partial charge on any atom is -0.480 e. The maximum atomic E-state index is 10.9. The summed E-state index contributed by atoms with van der Waals surface area (Å²) in [6, 6.07) is 0.475. The second-order valence-corrected chi connectivity index (χ2v) is 4.94. The Morgan fingerprint density at radius 1 is 1.56 bits per heavy atom. The molecule has 1 rings (SSSR count). The number of carbonyl (C=O) groups is 1. The quantitative estimate of drug-likeness (QED) is 0.699. The standard InChI is InChI=1S/C11H23N3O2/c1-4-14-6-5-13(7-9(14)2)8-11(3,12)10(15)16/h9H,4-8,12H2,1-3H3,(H,15,16). The van der Waals surface area contributed by atoms with E-state index in [4.69, 9.17) is 10.8 Å². The molecule has 5 heteroatoms. The Hall–Kier alpha value is -0.650. The lowest BCUT2D eigenvalue weighted by atomic mass is 10.0. The molecule has 1 aliphatic rings. The molecule has 1 heterocycles. The molecule has 0 amide bonds. The first-order chi connectivity index (χ1) is 7.36. The molecule has 0 saturated carbocycles. The van der Waals surface area contributed by atoms with Gasteiger partial charge in [-0.1, -0.05) is 6.92 Å². The normalized spacial score (nSPS) is 27.6. The van der Waals surface area contributed by atoms with Crippen LogP contribution < -0.4 is 5.73 Å². The van der Waals surface area contributed by atoms with Crippen LogP contribution in [-0.2, 0) is 4.79 Å². The summed E-state index contributed by atoms with van der Waals surface area (Å²) in [5, 5.41) is 8.97. The molecular formula is C11H23N3O2. The molecule has 1 fully saturated rings. The number of piperazine rings is 1. The fourth-order valence-electron chi connectivity index (χ4n) is 2.22. The zero-order valence-electron chi connectivity index (χ0n) is 10.4. The van der Waals surface area contributed by atoms with Crippen molar-refractivity contribution in [3.05, 3.63) is 0 Å². The van der Waals surface area contributed by atoms with E-state index in [0.29, 0.717) is 12.6 Å². The first-order valence-electron chi connectivity index (χ1n) is 5.85. The average molecular weight is 229 g/mol. The van der Waals surface area contributed by atoms with Crippen molar-refractivity contribution in [3.63, 3.8) is 0 Å². The predicted octanol–water partition coefficient (Wildman–Crippen LogP) is -0.186. The Morgan fingerprint density at radius 3 is 2.62 bits per heavy atom. The summed E-state index contributed by atoms with van der Waals surface area (Å²) in [6.07, 6.45) is 0. The maximum Gasteiger partial charge on any atom is 0.324 e. The molecule has 0 radical (unpaired) electrons. The van der Waals surface area contributed by atoms with Crippen molar-refractivity contribution in [1.82, 2.24) is 9.80 Å². The monoisotopic (exact) mass is 229 g/mol. The van der Waals surface area contributed by atoms with Gasteiger partial charge in [-0.2, -0.15) is 0 Å². The van der Waals surface area contributed by atoms with Crippen LogP contribution in [0.5, 0.6) is 0 Å². The van der Waals surface area contributed by atoms with E-state index in [9.17, 15) is 4.79 Å². The topological polar surface area (TPSA) is 69.8 Å². The highest BCUT2D eigenvalue weighted by Gasteiger charge is 2.33. The molecule has 3 N–H and O–H groups in total. The van der Waals surface area contributed by atoms with E-state index < -0.39 is 11.5 Å². The lowest BCUT2D eigenvalue weighted by Gasteiger charge is -2.41. The van der Waals surface area contributed by atoms with Gasteiger partial charge >= 0.3 is 5.97 Å². The minimum absolute atomic E-state index is 0.421.